The summed E-state index contributed by atoms with van der Waals surface area (Å²) in [6, 6.07) is 18.5. The summed E-state index contributed by atoms with van der Waals surface area (Å²) in [7, 11) is 3.36. The van der Waals surface area contributed by atoms with Gasteiger partial charge in [0.05, 0.1) is 36.0 Å². The van der Waals surface area contributed by atoms with Crippen molar-refractivity contribution in [3.8, 4) is 11.4 Å². The van der Waals surface area contributed by atoms with Gasteiger partial charge >= 0.3 is 0 Å². The second kappa shape index (κ2) is 9.36. The molecule has 6 nitrogen and oxygen atoms in total. The maximum Gasteiger partial charge on any atom is 0.266 e. The fourth-order valence-electron chi connectivity index (χ4n) is 3.15. The number of carbonyl (C=O) groups is 1. The fraction of sp³-hybridized carbons (Fsp3) is 0.174. The largest absolute Gasteiger partial charge is 0.497 e. The average molecular weight is 452 g/mol. The van der Waals surface area contributed by atoms with E-state index in [1.54, 1.807) is 53.2 Å². The van der Waals surface area contributed by atoms with Crippen molar-refractivity contribution < 1.29 is 9.53 Å². The molecule has 0 N–H and O–H groups in total. The minimum Gasteiger partial charge on any atom is -0.497 e. The highest BCUT2D eigenvalue weighted by molar-refractivity contribution is 7.99. The van der Waals surface area contributed by atoms with E-state index < -0.39 is 0 Å². The first-order valence-electron chi connectivity index (χ1n) is 9.62. The minimum absolute atomic E-state index is 0.0296. The molecule has 31 heavy (non-hydrogen) atoms. The molecule has 0 aliphatic heterocycles. The van der Waals surface area contributed by atoms with Crippen molar-refractivity contribution in [1.82, 2.24) is 14.5 Å². The monoisotopic (exact) mass is 451 g/mol. The molecule has 0 atom stereocenters. The van der Waals surface area contributed by atoms with E-state index in [9.17, 15) is 9.59 Å². The van der Waals surface area contributed by atoms with Crippen LogP contribution in [0.1, 0.15) is 4.88 Å². The Labute approximate surface area is 188 Å². The van der Waals surface area contributed by atoms with Crippen LogP contribution in [-0.4, -0.2) is 40.3 Å². The Morgan fingerprint density at radius 1 is 1.16 bits per heavy atom. The number of para-hydroxylation sites is 1. The molecule has 0 bridgehead atoms. The maximum atomic E-state index is 13.3. The Hall–Kier alpha value is -3.10. The standard InChI is InChI=1S/C23H21N3O3S2/c1-25(14-18-9-6-12-30-18)21(27)15-31-23-24-20-11-4-3-10-19(20)22(28)26(23)16-7-5-8-17(13-16)29-2/h3-13H,14-15H2,1-2H3. The number of ether oxygens (including phenoxy) is 1. The van der Waals surface area contributed by atoms with E-state index in [-0.39, 0.29) is 17.2 Å². The second-order valence-corrected chi connectivity index (χ2v) is 8.85. The van der Waals surface area contributed by atoms with Crippen LogP contribution in [0.5, 0.6) is 5.75 Å². The predicted molar refractivity (Wildman–Crippen MR) is 125 cm³/mol. The van der Waals surface area contributed by atoms with Crippen LogP contribution < -0.4 is 10.3 Å². The lowest BCUT2D eigenvalue weighted by Crippen LogP contribution is -2.28. The molecule has 0 spiro atoms. The molecule has 4 rings (SSSR count). The molecule has 8 heteroatoms. The highest BCUT2D eigenvalue weighted by Gasteiger charge is 2.17. The summed E-state index contributed by atoms with van der Waals surface area (Å²) in [5.41, 5.74) is 1.07. The van der Waals surface area contributed by atoms with Gasteiger partial charge in [0, 0.05) is 18.0 Å². The summed E-state index contributed by atoms with van der Waals surface area (Å²) in [5.74, 6) is 0.787. The third-order valence-electron chi connectivity index (χ3n) is 4.78. The van der Waals surface area contributed by atoms with Gasteiger partial charge < -0.3 is 9.64 Å². The van der Waals surface area contributed by atoms with E-state index >= 15 is 0 Å². The number of hydrogen-bond acceptors (Lipinski definition) is 6. The van der Waals surface area contributed by atoms with Gasteiger partial charge in [-0.15, -0.1) is 11.3 Å². The normalized spacial score (nSPS) is 10.9. The molecule has 1 amide bonds. The van der Waals surface area contributed by atoms with Gasteiger partial charge in [-0.05, 0) is 35.7 Å². The first kappa shape index (κ1) is 21.1. The van der Waals surface area contributed by atoms with Crippen molar-refractivity contribution in [3.05, 3.63) is 81.3 Å². The number of methoxy groups -OCH3 is 1. The summed E-state index contributed by atoms with van der Waals surface area (Å²) in [6.45, 7) is 0.560. The number of thioether (sulfide) groups is 1. The van der Waals surface area contributed by atoms with E-state index in [4.69, 9.17) is 9.72 Å². The molecule has 2 heterocycles. The molecule has 2 aromatic heterocycles. The lowest BCUT2D eigenvalue weighted by molar-refractivity contribution is -0.127. The van der Waals surface area contributed by atoms with E-state index in [2.05, 4.69) is 0 Å². The van der Waals surface area contributed by atoms with Crippen molar-refractivity contribution >= 4 is 39.9 Å². The number of fused-ring (bicyclic) bond motifs is 1. The van der Waals surface area contributed by atoms with Gasteiger partial charge in [-0.25, -0.2) is 4.98 Å². The maximum absolute atomic E-state index is 13.3. The molecule has 158 valence electrons. The highest BCUT2D eigenvalue weighted by atomic mass is 32.2. The first-order valence-corrected chi connectivity index (χ1v) is 11.5. The number of benzene rings is 2. The predicted octanol–water partition coefficient (Wildman–Crippen LogP) is 4.21. The Bertz CT molecular complexity index is 1270. The van der Waals surface area contributed by atoms with E-state index in [1.807, 2.05) is 47.8 Å². The second-order valence-electron chi connectivity index (χ2n) is 6.87. The quantitative estimate of drug-likeness (QED) is 0.311. The van der Waals surface area contributed by atoms with Gasteiger partial charge in [0.1, 0.15) is 5.75 Å². The van der Waals surface area contributed by atoms with Crippen molar-refractivity contribution in [2.75, 3.05) is 19.9 Å². The van der Waals surface area contributed by atoms with Gasteiger partial charge in [0.2, 0.25) is 5.91 Å². The van der Waals surface area contributed by atoms with Crippen molar-refractivity contribution in [1.29, 1.82) is 0 Å². The molecule has 4 aromatic rings. The summed E-state index contributed by atoms with van der Waals surface area (Å²) in [4.78, 5) is 33.5. The average Bonchev–Trinajstić information content (AvgIpc) is 3.30. The van der Waals surface area contributed by atoms with E-state index in [0.29, 0.717) is 34.0 Å². The molecule has 0 fully saturated rings. The van der Waals surface area contributed by atoms with E-state index in [0.717, 1.165) is 4.88 Å². The number of amides is 1. The first-order chi connectivity index (χ1) is 15.1. The Kier molecular flexibility index (Phi) is 6.39. The molecule has 0 aliphatic rings. The number of hydrogen-bond donors (Lipinski definition) is 0. The third kappa shape index (κ3) is 4.65. The summed E-state index contributed by atoms with van der Waals surface area (Å²) >= 11 is 2.88. The third-order valence-corrected chi connectivity index (χ3v) is 6.56. The van der Waals surface area contributed by atoms with Gasteiger partial charge in [-0.3, -0.25) is 14.2 Å². The number of carbonyl (C=O) groups excluding carboxylic acids is 1. The van der Waals surface area contributed by atoms with Crippen molar-refractivity contribution in [3.63, 3.8) is 0 Å². The smallest absolute Gasteiger partial charge is 0.266 e. The fourth-order valence-corrected chi connectivity index (χ4v) is 4.86. The summed E-state index contributed by atoms with van der Waals surface area (Å²) in [6.07, 6.45) is 0. The zero-order valence-electron chi connectivity index (χ0n) is 17.1. The zero-order chi connectivity index (χ0) is 21.8. The number of nitrogens with zero attached hydrogens (tertiary/aromatic N) is 3. The molecular formula is C23H21N3O3S2. The van der Waals surface area contributed by atoms with Gasteiger partial charge in [-0.1, -0.05) is 36.0 Å². The SMILES string of the molecule is COc1cccc(-n2c(SCC(=O)N(C)Cc3cccs3)nc3ccccc3c2=O)c1. The van der Waals surface area contributed by atoms with Gasteiger partial charge in [0.15, 0.2) is 5.16 Å². The molecular weight excluding hydrogens is 430 g/mol. The van der Waals surface area contributed by atoms with Crippen LogP contribution in [0.4, 0.5) is 0 Å². The van der Waals surface area contributed by atoms with Crippen LogP contribution in [0.3, 0.4) is 0 Å². The lowest BCUT2D eigenvalue weighted by Gasteiger charge is -2.17. The van der Waals surface area contributed by atoms with Crippen LogP contribution in [0.15, 0.2) is 76.0 Å². The minimum atomic E-state index is -0.180. The Balaban J connectivity index is 1.67. The number of thiophene rings is 1. The van der Waals surface area contributed by atoms with Crippen molar-refractivity contribution in [2.24, 2.45) is 0 Å². The van der Waals surface area contributed by atoms with Gasteiger partial charge in [-0.2, -0.15) is 0 Å². The Morgan fingerprint density at radius 2 is 2.00 bits per heavy atom. The molecule has 0 radical (unpaired) electrons. The topological polar surface area (TPSA) is 64.4 Å². The zero-order valence-corrected chi connectivity index (χ0v) is 18.8. The summed E-state index contributed by atoms with van der Waals surface area (Å²) in [5, 5.41) is 2.99. The summed E-state index contributed by atoms with van der Waals surface area (Å²) < 4.78 is 6.86. The molecule has 0 unspecified atom stereocenters. The van der Waals surface area contributed by atoms with Crippen molar-refractivity contribution in [2.45, 2.75) is 11.7 Å². The van der Waals surface area contributed by atoms with E-state index in [1.165, 1.54) is 11.8 Å². The molecule has 2 aromatic carbocycles. The molecule has 0 aliphatic carbocycles. The molecule has 0 saturated carbocycles. The highest BCUT2D eigenvalue weighted by Crippen LogP contribution is 2.24. The van der Waals surface area contributed by atoms with Crippen LogP contribution in [-0.2, 0) is 11.3 Å². The number of rotatable bonds is 7. The molecule has 0 saturated heterocycles. The van der Waals surface area contributed by atoms with Crippen LogP contribution in [0, 0.1) is 0 Å². The number of aromatic nitrogens is 2. The Morgan fingerprint density at radius 3 is 2.77 bits per heavy atom. The van der Waals surface area contributed by atoms with Gasteiger partial charge in [0.25, 0.3) is 5.56 Å². The lowest BCUT2D eigenvalue weighted by atomic mass is 10.2. The van der Waals surface area contributed by atoms with Crippen LogP contribution in [0.25, 0.3) is 16.6 Å². The van der Waals surface area contributed by atoms with Crippen LogP contribution in [0.2, 0.25) is 0 Å². The van der Waals surface area contributed by atoms with Crippen LogP contribution >= 0.6 is 23.1 Å².